The van der Waals surface area contributed by atoms with Gasteiger partial charge in [-0.15, -0.1) is 11.3 Å². The first-order valence-electron chi connectivity index (χ1n) is 4.65. The van der Waals surface area contributed by atoms with Crippen molar-refractivity contribution >= 4 is 32.4 Å². The average molecular weight is 221 g/mol. The van der Waals surface area contributed by atoms with Crippen molar-refractivity contribution in [2.75, 3.05) is 5.32 Å². The van der Waals surface area contributed by atoms with Crippen molar-refractivity contribution in [2.45, 2.75) is 13.0 Å². The molecule has 3 nitrogen and oxygen atoms in total. The van der Waals surface area contributed by atoms with Crippen molar-refractivity contribution in [3.63, 3.8) is 0 Å². The molecule has 78 valence electrons. The molecule has 0 unspecified atom stereocenters. The van der Waals surface area contributed by atoms with Gasteiger partial charge in [0, 0.05) is 4.70 Å². The number of anilines is 1. The first-order valence-corrected chi connectivity index (χ1v) is 5.46. The van der Waals surface area contributed by atoms with Crippen molar-refractivity contribution < 1.29 is 9.90 Å². The largest absolute Gasteiger partial charge is 0.480 e. The Hall–Kier alpha value is -1.55. The summed E-state index contributed by atoms with van der Waals surface area (Å²) >= 11 is 1.57. The summed E-state index contributed by atoms with van der Waals surface area (Å²) in [6, 6.07) is 9.40. The van der Waals surface area contributed by atoms with Crippen LogP contribution in [0.3, 0.4) is 0 Å². The summed E-state index contributed by atoms with van der Waals surface area (Å²) in [5, 5.41) is 13.7. The van der Waals surface area contributed by atoms with E-state index in [0.717, 1.165) is 15.1 Å². The Bertz CT molecular complexity index is 459. The number of nitrogens with one attached hydrogen (secondary N) is 1. The smallest absolute Gasteiger partial charge is 0.325 e. The minimum atomic E-state index is -0.840. The highest BCUT2D eigenvalue weighted by Crippen LogP contribution is 2.29. The van der Waals surface area contributed by atoms with E-state index >= 15 is 0 Å². The van der Waals surface area contributed by atoms with Gasteiger partial charge in [0.25, 0.3) is 0 Å². The van der Waals surface area contributed by atoms with Gasteiger partial charge in [-0.25, -0.2) is 0 Å². The minimum absolute atomic E-state index is 0.557. The summed E-state index contributed by atoms with van der Waals surface area (Å²) in [5.74, 6) is -0.840. The van der Waals surface area contributed by atoms with Gasteiger partial charge in [0.15, 0.2) is 0 Å². The molecule has 0 radical (unpaired) electrons. The second-order valence-corrected chi connectivity index (χ2v) is 4.44. The molecular weight excluding hydrogens is 210 g/mol. The molecule has 0 amide bonds. The molecule has 0 spiro atoms. The minimum Gasteiger partial charge on any atom is -0.480 e. The third-order valence-corrected chi connectivity index (χ3v) is 3.20. The number of carboxylic acid groups (broad SMARTS) is 1. The van der Waals surface area contributed by atoms with Crippen molar-refractivity contribution in [3.8, 4) is 0 Å². The lowest BCUT2D eigenvalue weighted by molar-refractivity contribution is -0.137. The van der Waals surface area contributed by atoms with Crippen LogP contribution in [0.5, 0.6) is 0 Å². The highest BCUT2D eigenvalue weighted by atomic mass is 32.1. The number of rotatable bonds is 3. The Balaban J connectivity index is 2.26. The first-order chi connectivity index (χ1) is 7.16. The number of thiophene rings is 1. The lowest BCUT2D eigenvalue weighted by atomic mass is 10.2. The molecular formula is C11H11NO2S. The van der Waals surface area contributed by atoms with Gasteiger partial charge >= 0.3 is 5.97 Å². The van der Waals surface area contributed by atoms with E-state index in [1.807, 2.05) is 30.3 Å². The van der Waals surface area contributed by atoms with E-state index in [1.165, 1.54) is 0 Å². The zero-order valence-corrected chi connectivity index (χ0v) is 9.04. The molecule has 2 N–H and O–H groups in total. The predicted octanol–water partition coefficient (Wildman–Crippen LogP) is 2.79. The number of aliphatic carboxylic acids is 1. The lowest BCUT2D eigenvalue weighted by Crippen LogP contribution is -2.24. The summed E-state index contributed by atoms with van der Waals surface area (Å²) in [6.07, 6.45) is 0. The van der Waals surface area contributed by atoms with E-state index in [2.05, 4.69) is 5.32 Å². The molecule has 0 aliphatic carbocycles. The molecule has 4 heteroatoms. The summed E-state index contributed by atoms with van der Waals surface area (Å²) < 4.78 is 1.16. The number of hydrogen-bond acceptors (Lipinski definition) is 3. The molecule has 15 heavy (non-hydrogen) atoms. The van der Waals surface area contributed by atoms with Gasteiger partial charge in [-0.05, 0) is 24.4 Å². The van der Waals surface area contributed by atoms with Crippen LogP contribution >= 0.6 is 11.3 Å². The van der Waals surface area contributed by atoms with E-state index < -0.39 is 12.0 Å². The first kappa shape index (κ1) is 9.98. The topological polar surface area (TPSA) is 49.3 Å². The highest BCUT2D eigenvalue weighted by Gasteiger charge is 2.11. The molecule has 1 heterocycles. The van der Waals surface area contributed by atoms with Crippen molar-refractivity contribution in [3.05, 3.63) is 30.3 Å². The second kappa shape index (κ2) is 3.90. The SMILES string of the molecule is C[C@@H](Nc1cc2ccccc2s1)C(=O)O. The van der Waals surface area contributed by atoms with Gasteiger partial charge in [0.1, 0.15) is 6.04 Å². The molecule has 1 aromatic carbocycles. The van der Waals surface area contributed by atoms with Gasteiger partial charge < -0.3 is 10.4 Å². The van der Waals surface area contributed by atoms with Crippen LogP contribution in [-0.4, -0.2) is 17.1 Å². The second-order valence-electron chi connectivity index (χ2n) is 3.35. The summed E-state index contributed by atoms with van der Waals surface area (Å²) in [7, 11) is 0. The van der Waals surface area contributed by atoms with Gasteiger partial charge in [0.05, 0.1) is 5.00 Å². The maximum Gasteiger partial charge on any atom is 0.325 e. The van der Waals surface area contributed by atoms with Crippen LogP contribution < -0.4 is 5.32 Å². The zero-order valence-electron chi connectivity index (χ0n) is 8.23. The molecule has 0 fully saturated rings. The Labute approximate surface area is 91.4 Å². The Kier molecular flexibility index (Phi) is 2.60. The predicted molar refractivity (Wildman–Crippen MR) is 62.5 cm³/mol. The van der Waals surface area contributed by atoms with Crippen molar-refractivity contribution in [1.29, 1.82) is 0 Å². The Morgan fingerprint density at radius 1 is 1.47 bits per heavy atom. The summed E-state index contributed by atoms with van der Waals surface area (Å²) in [6.45, 7) is 1.63. The van der Waals surface area contributed by atoms with Gasteiger partial charge in [-0.1, -0.05) is 18.2 Å². The van der Waals surface area contributed by atoms with Crippen LogP contribution in [-0.2, 0) is 4.79 Å². The number of fused-ring (bicyclic) bond motifs is 1. The fraction of sp³-hybridized carbons (Fsp3) is 0.182. The van der Waals surface area contributed by atoms with Gasteiger partial charge in [-0.2, -0.15) is 0 Å². The molecule has 2 aromatic rings. The third kappa shape index (κ3) is 2.10. The number of benzene rings is 1. The van der Waals surface area contributed by atoms with E-state index in [4.69, 9.17) is 5.11 Å². The monoisotopic (exact) mass is 221 g/mol. The molecule has 0 aliphatic heterocycles. The highest BCUT2D eigenvalue weighted by molar-refractivity contribution is 7.22. The van der Waals surface area contributed by atoms with Crippen LogP contribution in [0.4, 0.5) is 5.00 Å². The van der Waals surface area contributed by atoms with E-state index in [1.54, 1.807) is 18.3 Å². The van der Waals surface area contributed by atoms with E-state index in [9.17, 15) is 4.79 Å². The van der Waals surface area contributed by atoms with Crippen LogP contribution in [0, 0.1) is 0 Å². The average Bonchev–Trinajstić information content (AvgIpc) is 2.59. The van der Waals surface area contributed by atoms with Crippen LogP contribution in [0.15, 0.2) is 30.3 Å². The molecule has 0 saturated carbocycles. The van der Waals surface area contributed by atoms with E-state index in [-0.39, 0.29) is 0 Å². The fourth-order valence-electron chi connectivity index (χ4n) is 1.33. The van der Waals surface area contributed by atoms with Crippen LogP contribution in [0.2, 0.25) is 0 Å². The zero-order chi connectivity index (χ0) is 10.8. The summed E-state index contributed by atoms with van der Waals surface area (Å²) in [4.78, 5) is 10.7. The van der Waals surface area contributed by atoms with Crippen molar-refractivity contribution in [2.24, 2.45) is 0 Å². The van der Waals surface area contributed by atoms with Crippen LogP contribution in [0.1, 0.15) is 6.92 Å². The molecule has 1 atom stereocenters. The Morgan fingerprint density at radius 3 is 2.87 bits per heavy atom. The number of carboxylic acids is 1. The standard InChI is InChI=1S/C11H11NO2S/c1-7(11(13)14)12-10-6-8-4-2-3-5-9(8)15-10/h2-7,12H,1H3,(H,13,14)/t7-/m1/s1. The normalized spacial score (nSPS) is 12.6. The third-order valence-electron chi connectivity index (χ3n) is 2.15. The van der Waals surface area contributed by atoms with E-state index in [0.29, 0.717) is 0 Å². The molecule has 2 rings (SSSR count). The van der Waals surface area contributed by atoms with Crippen LogP contribution in [0.25, 0.3) is 10.1 Å². The molecule has 0 bridgehead atoms. The van der Waals surface area contributed by atoms with Crippen molar-refractivity contribution in [1.82, 2.24) is 0 Å². The quantitative estimate of drug-likeness (QED) is 0.837. The Morgan fingerprint density at radius 2 is 2.20 bits per heavy atom. The molecule has 0 aliphatic rings. The maximum absolute atomic E-state index is 10.7. The maximum atomic E-state index is 10.7. The van der Waals surface area contributed by atoms with Gasteiger partial charge in [0.2, 0.25) is 0 Å². The summed E-state index contributed by atoms with van der Waals surface area (Å²) in [5.41, 5.74) is 0. The molecule has 0 saturated heterocycles. The van der Waals surface area contributed by atoms with Gasteiger partial charge in [-0.3, -0.25) is 4.79 Å². The lowest BCUT2D eigenvalue weighted by Gasteiger charge is -2.06. The number of hydrogen-bond donors (Lipinski definition) is 2. The fourth-order valence-corrected chi connectivity index (χ4v) is 2.38. The number of carbonyl (C=O) groups is 1. The molecule has 1 aromatic heterocycles.